The largest absolute Gasteiger partial charge is 0.476 e. The van der Waals surface area contributed by atoms with Gasteiger partial charge >= 0.3 is 0 Å². The van der Waals surface area contributed by atoms with E-state index in [2.05, 4.69) is 9.97 Å². The standard InChI is InChI=1S/C9H13N3O.C2H6/c1-2-8-11-4-6-3-7(10)5-13-9(6)12-8;1-2/h4,7H,2-3,5,10H2,1H3;1-2H3. The number of hydrogen-bond donors (Lipinski definition) is 1. The summed E-state index contributed by atoms with van der Waals surface area (Å²) in [5.41, 5.74) is 6.76. The maximum absolute atomic E-state index is 5.74. The summed E-state index contributed by atoms with van der Waals surface area (Å²) in [6.07, 6.45) is 3.47. The first-order chi connectivity index (χ1) is 7.29. The van der Waals surface area contributed by atoms with Crippen LogP contribution in [-0.4, -0.2) is 22.6 Å². The van der Waals surface area contributed by atoms with Crippen molar-refractivity contribution in [2.24, 2.45) is 5.73 Å². The maximum Gasteiger partial charge on any atom is 0.219 e. The highest BCUT2D eigenvalue weighted by Crippen LogP contribution is 2.20. The van der Waals surface area contributed by atoms with Crippen LogP contribution in [0.3, 0.4) is 0 Å². The van der Waals surface area contributed by atoms with Crippen LogP contribution >= 0.6 is 0 Å². The van der Waals surface area contributed by atoms with Gasteiger partial charge in [0.15, 0.2) is 0 Å². The van der Waals surface area contributed by atoms with Crippen LogP contribution in [0.4, 0.5) is 0 Å². The third kappa shape index (κ3) is 2.89. The highest BCUT2D eigenvalue weighted by atomic mass is 16.5. The molecule has 2 rings (SSSR count). The molecule has 0 aliphatic carbocycles. The maximum atomic E-state index is 5.74. The lowest BCUT2D eigenvalue weighted by molar-refractivity contribution is 0.251. The van der Waals surface area contributed by atoms with Crippen LogP contribution in [0.5, 0.6) is 5.88 Å². The monoisotopic (exact) mass is 209 g/mol. The van der Waals surface area contributed by atoms with Gasteiger partial charge in [0.05, 0.1) is 0 Å². The van der Waals surface area contributed by atoms with Crippen LogP contribution in [0.25, 0.3) is 0 Å². The highest BCUT2D eigenvalue weighted by molar-refractivity contribution is 5.26. The summed E-state index contributed by atoms with van der Waals surface area (Å²) in [5, 5.41) is 0. The third-order valence-corrected chi connectivity index (χ3v) is 2.11. The van der Waals surface area contributed by atoms with Gasteiger partial charge < -0.3 is 10.5 Å². The van der Waals surface area contributed by atoms with E-state index in [4.69, 9.17) is 10.5 Å². The Kier molecular flexibility index (Phi) is 4.49. The quantitative estimate of drug-likeness (QED) is 0.758. The Morgan fingerprint density at radius 2 is 2.27 bits per heavy atom. The SMILES string of the molecule is CC.CCc1ncc2c(n1)OCC(N)C2. The normalized spacial score (nSPS) is 18.3. The lowest BCUT2D eigenvalue weighted by Crippen LogP contribution is -2.34. The van der Waals surface area contributed by atoms with E-state index in [-0.39, 0.29) is 6.04 Å². The minimum Gasteiger partial charge on any atom is -0.476 e. The molecule has 0 spiro atoms. The fourth-order valence-electron chi connectivity index (χ4n) is 1.39. The van der Waals surface area contributed by atoms with Gasteiger partial charge in [-0.1, -0.05) is 20.8 Å². The van der Waals surface area contributed by atoms with Crippen molar-refractivity contribution in [2.75, 3.05) is 6.61 Å². The molecular formula is C11H19N3O. The molecule has 2 heterocycles. The molecule has 0 amide bonds. The van der Waals surface area contributed by atoms with Gasteiger partial charge in [-0.2, -0.15) is 4.98 Å². The summed E-state index contributed by atoms with van der Waals surface area (Å²) in [5.74, 6) is 1.54. The number of hydrogen-bond acceptors (Lipinski definition) is 4. The Labute approximate surface area is 90.9 Å². The second kappa shape index (κ2) is 5.66. The van der Waals surface area contributed by atoms with E-state index in [9.17, 15) is 0 Å². The molecule has 1 unspecified atom stereocenters. The summed E-state index contributed by atoms with van der Waals surface area (Å²) in [7, 11) is 0. The Bertz CT molecular complexity index is 315. The van der Waals surface area contributed by atoms with E-state index in [1.165, 1.54) is 0 Å². The van der Waals surface area contributed by atoms with E-state index < -0.39 is 0 Å². The number of nitrogens with zero attached hydrogens (tertiary/aromatic N) is 2. The van der Waals surface area contributed by atoms with Gasteiger partial charge in [0, 0.05) is 24.2 Å². The molecule has 0 radical (unpaired) electrons. The zero-order valence-electron chi connectivity index (χ0n) is 9.66. The van der Waals surface area contributed by atoms with Crippen LogP contribution < -0.4 is 10.5 Å². The molecule has 15 heavy (non-hydrogen) atoms. The van der Waals surface area contributed by atoms with Gasteiger partial charge in [0.25, 0.3) is 0 Å². The van der Waals surface area contributed by atoms with E-state index in [0.29, 0.717) is 12.5 Å². The molecule has 2 N–H and O–H groups in total. The smallest absolute Gasteiger partial charge is 0.219 e. The molecule has 4 nitrogen and oxygen atoms in total. The number of nitrogens with two attached hydrogens (primary N) is 1. The van der Waals surface area contributed by atoms with Gasteiger partial charge in [0.1, 0.15) is 12.4 Å². The average Bonchev–Trinajstić information content (AvgIpc) is 2.31. The molecule has 1 atom stereocenters. The third-order valence-electron chi connectivity index (χ3n) is 2.11. The number of aryl methyl sites for hydroxylation is 1. The van der Waals surface area contributed by atoms with Crippen LogP contribution in [0.15, 0.2) is 6.20 Å². The molecular weight excluding hydrogens is 190 g/mol. The van der Waals surface area contributed by atoms with Crippen molar-refractivity contribution in [2.45, 2.75) is 39.7 Å². The van der Waals surface area contributed by atoms with Crippen molar-refractivity contribution in [3.05, 3.63) is 17.6 Å². The molecule has 0 saturated carbocycles. The predicted octanol–water partition coefficient (Wildman–Crippen LogP) is 1.33. The van der Waals surface area contributed by atoms with Crippen molar-refractivity contribution in [1.29, 1.82) is 0 Å². The molecule has 4 heteroatoms. The lowest BCUT2D eigenvalue weighted by Gasteiger charge is -2.20. The van der Waals surface area contributed by atoms with Crippen molar-refractivity contribution in [3.8, 4) is 5.88 Å². The number of aromatic nitrogens is 2. The van der Waals surface area contributed by atoms with Crippen molar-refractivity contribution >= 4 is 0 Å². The zero-order valence-corrected chi connectivity index (χ0v) is 9.66. The molecule has 1 aromatic rings. The summed E-state index contributed by atoms with van der Waals surface area (Å²) >= 11 is 0. The number of fused-ring (bicyclic) bond motifs is 1. The molecule has 1 aliphatic heterocycles. The first kappa shape index (κ1) is 11.9. The Morgan fingerprint density at radius 1 is 1.53 bits per heavy atom. The Morgan fingerprint density at radius 3 is 2.93 bits per heavy atom. The van der Waals surface area contributed by atoms with Crippen molar-refractivity contribution in [3.63, 3.8) is 0 Å². The molecule has 1 aromatic heterocycles. The molecule has 0 bridgehead atoms. The van der Waals surface area contributed by atoms with Gasteiger partial charge in [0.2, 0.25) is 5.88 Å². The number of ether oxygens (including phenoxy) is 1. The fourth-order valence-corrected chi connectivity index (χ4v) is 1.39. The first-order valence-electron chi connectivity index (χ1n) is 5.52. The minimum atomic E-state index is 0.0866. The predicted molar refractivity (Wildman–Crippen MR) is 59.9 cm³/mol. The van der Waals surface area contributed by atoms with Gasteiger partial charge in [-0.05, 0) is 6.42 Å². The van der Waals surface area contributed by atoms with E-state index in [1.54, 1.807) is 0 Å². The summed E-state index contributed by atoms with van der Waals surface area (Å²) in [4.78, 5) is 8.48. The highest BCUT2D eigenvalue weighted by Gasteiger charge is 2.18. The minimum absolute atomic E-state index is 0.0866. The van der Waals surface area contributed by atoms with Gasteiger partial charge in [-0.25, -0.2) is 4.98 Å². The van der Waals surface area contributed by atoms with E-state index >= 15 is 0 Å². The van der Waals surface area contributed by atoms with E-state index in [0.717, 1.165) is 24.2 Å². The van der Waals surface area contributed by atoms with Crippen LogP contribution in [-0.2, 0) is 12.8 Å². The van der Waals surface area contributed by atoms with Crippen LogP contribution in [0, 0.1) is 0 Å². The summed E-state index contributed by atoms with van der Waals surface area (Å²) < 4.78 is 5.40. The number of rotatable bonds is 1. The summed E-state index contributed by atoms with van der Waals surface area (Å²) in [6, 6.07) is 0.0866. The average molecular weight is 209 g/mol. The second-order valence-electron chi connectivity index (χ2n) is 3.25. The molecule has 0 fully saturated rings. The lowest BCUT2D eigenvalue weighted by atomic mass is 10.1. The van der Waals surface area contributed by atoms with Crippen LogP contribution in [0.2, 0.25) is 0 Å². The zero-order chi connectivity index (χ0) is 11.3. The fraction of sp³-hybridized carbons (Fsp3) is 0.636. The summed E-state index contributed by atoms with van der Waals surface area (Å²) in [6.45, 7) is 6.59. The van der Waals surface area contributed by atoms with E-state index in [1.807, 2.05) is 27.0 Å². The molecule has 1 aliphatic rings. The molecule has 0 saturated heterocycles. The van der Waals surface area contributed by atoms with Crippen LogP contribution in [0.1, 0.15) is 32.2 Å². The van der Waals surface area contributed by atoms with Crippen molar-refractivity contribution in [1.82, 2.24) is 9.97 Å². The second-order valence-corrected chi connectivity index (χ2v) is 3.25. The van der Waals surface area contributed by atoms with Gasteiger partial charge in [-0.3, -0.25) is 0 Å². The molecule has 0 aromatic carbocycles. The van der Waals surface area contributed by atoms with Gasteiger partial charge in [-0.15, -0.1) is 0 Å². The Balaban J connectivity index is 0.000000531. The topological polar surface area (TPSA) is 61.0 Å². The van der Waals surface area contributed by atoms with Crippen molar-refractivity contribution < 1.29 is 4.74 Å². The Hall–Kier alpha value is -1.16. The first-order valence-corrected chi connectivity index (χ1v) is 5.52. The molecule has 84 valence electrons.